The van der Waals surface area contributed by atoms with Crippen LogP contribution in [0.4, 0.5) is 0 Å². The number of amides is 1. The summed E-state index contributed by atoms with van der Waals surface area (Å²) in [6.07, 6.45) is -0.572. The van der Waals surface area contributed by atoms with Gasteiger partial charge in [-0.15, -0.1) is 0 Å². The number of nitrogens with zero attached hydrogens (tertiary/aromatic N) is 1. The summed E-state index contributed by atoms with van der Waals surface area (Å²) in [6.45, 7) is 9.26. The van der Waals surface area contributed by atoms with Crippen LogP contribution in [0.5, 0.6) is 5.75 Å². The highest BCUT2D eigenvalue weighted by molar-refractivity contribution is 5.81. The maximum absolute atomic E-state index is 13.4. The second-order valence-corrected chi connectivity index (χ2v) is 8.12. The third-order valence-corrected chi connectivity index (χ3v) is 5.19. The van der Waals surface area contributed by atoms with E-state index in [2.05, 4.69) is 26.0 Å². The normalized spacial score (nSPS) is 11.9. The zero-order valence-corrected chi connectivity index (χ0v) is 18.3. The maximum Gasteiger partial charge on any atom is 0.263 e. The highest BCUT2D eigenvalue weighted by Gasteiger charge is 2.24. The Labute approximate surface area is 180 Å². The lowest BCUT2D eigenvalue weighted by Crippen LogP contribution is -2.39. The molecule has 0 radical (unpaired) electrons. The second kappa shape index (κ2) is 10.1. The highest BCUT2D eigenvalue weighted by atomic mass is 16.5. The van der Waals surface area contributed by atoms with E-state index in [1.807, 2.05) is 85.5 Å². The predicted molar refractivity (Wildman–Crippen MR) is 122 cm³/mol. The molecule has 1 amide bonds. The van der Waals surface area contributed by atoms with Crippen LogP contribution >= 0.6 is 0 Å². The maximum atomic E-state index is 13.4. The molecule has 0 N–H and O–H groups in total. The Balaban J connectivity index is 1.82. The summed E-state index contributed by atoms with van der Waals surface area (Å²) < 4.78 is 6.21. The molecule has 0 aliphatic carbocycles. The average molecular weight is 402 g/mol. The number of benzene rings is 3. The quantitative estimate of drug-likeness (QED) is 0.455. The molecule has 0 fully saturated rings. The van der Waals surface area contributed by atoms with Gasteiger partial charge in [0.05, 0.1) is 0 Å². The van der Waals surface area contributed by atoms with E-state index in [0.717, 1.165) is 28.0 Å². The van der Waals surface area contributed by atoms with E-state index < -0.39 is 6.10 Å². The summed E-state index contributed by atoms with van der Waals surface area (Å²) in [4.78, 5) is 15.3. The van der Waals surface area contributed by atoms with Gasteiger partial charge in [-0.1, -0.05) is 86.6 Å². The van der Waals surface area contributed by atoms with Gasteiger partial charge in [0, 0.05) is 13.1 Å². The van der Waals surface area contributed by atoms with Gasteiger partial charge >= 0.3 is 0 Å². The van der Waals surface area contributed by atoms with Crippen molar-refractivity contribution in [2.45, 2.75) is 52.8 Å². The number of carbonyl (C=O) groups is 1. The molecular weight excluding hydrogens is 370 g/mol. The van der Waals surface area contributed by atoms with E-state index >= 15 is 0 Å². The number of ether oxygens (including phenoxy) is 1. The molecule has 0 aliphatic rings. The Bertz CT molecular complexity index is 910. The lowest BCUT2D eigenvalue weighted by atomic mass is 10.0. The van der Waals surface area contributed by atoms with Crippen LogP contribution in [-0.4, -0.2) is 16.9 Å². The summed E-state index contributed by atoms with van der Waals surface area (Å²) in [6, 6.07) is 26.4. The van der Waals surface area contributed by atoms with Crippen LogP contribution in [0.25, 0.3) is 0 Å². The summed E-state index contributed by atoms with van der Waals surface area (Å²) in [5.41, 5.74) is 4.46. The van der Waals surface area contributed by atoms with E-state index in [4.69, 9.17) is 4.74 Å². The van der Waals surface area contributed by atoms with Gasteiger partial charge in [-0.2, -0.15) is 0 Å². The first-order valence-electron chi connectivity index (χ1n) is 10.6. The first-order valence-corrected chi connectivity index (χ1v) is 10.6. The molecule has 30 heavy (non-hydrogen) atoms. The summed E-state index contributed by atoms with van der Waals surface area (Å²) in [5, 5.41) is 0. The first-order chi connectivity index (χ1) is 14.4. The van der Waals surface area contributed by atoms with E-state index in [9.17, 15) is 4.79 Å². The zero-order chi connectivity index (χ0) is 21.5. The van der Waals surface area contributed by atoms with Gasteiger partial charge in [-0.3, -0.25) is 4.79 Å². The molecule has 0 heterocycles. The van der Waals surface area contributed by atoms with Crippen LogP contribution < -0.4 is 4.74 Å². The number of hydrogen-bond donors (Lipinski definition) is 0. The van der Waals surface area contributed by atoms with Crippen molar-refractivity contribution >= 4 is 5.91 Å². The molecule has 156 valence electrons. The molecule has 0 aromatic heterocycles. The largest absolute Gasteiger partial charge is 0.481 e. The van der Waals surface area contributed by atoms with Crippen molar-refractivity contribution in [3.63, 3.8) is 0 Å². The monoisotopic (exact) mass is 401 g/mol. The smallest absolute Gasteiger partial charge is 0.263 e. The second-order valence-electron chi connectivity index (χ2n) is 8.12. The van der Waals surface area contributed by atoms with E-state index in [1.54, 1.807) is 0 Å². The summed E-state index contributed by atoms with van der Waals surface area (Å²) >= 11 is 0. The standard InChI is InChI=1S/C27H31NO2/c1-20(2)25-16-15-21(3)17-26(25)30-22(4)27(29)28(18-23-11-7-5-8-12-23)19-24-13-9-6-10-14-24/h5-17,20,22H,18-19H2,1-4H3/t22-/m1/s1. The Hall–Kier alpha value is -3.07. The molecule has 0 spiro atoms. The van der Waals surface area contributed by atoms with E-state index in [1.165, 1.54) is 0 Å². The molecule has 3 aromatic rings. The Morgan fingerprint density at radius 2 is 1.37 bits per heavy atom. The van der Waals surface area contributed by atoms with Gasteiger partial charge in [0.25, 0.3) is 5.91 Å². The fourth-order valence-corrected chi connectivity index (χ4v) is 3.54. The lowest BCUT2D eigenvalue weighted by molar-refractivity contribution is -0.139. The van der Waals surface area contributed by atoms with Crippen LogP contribution in [0.15, 0.2) is 78.9 Å². The highest BCUT2D eigenvalue weighted by Crippen LogP contribution is 2.28. The van der Waals surface area contributed by atoms with Crippen LogP contribution in [0, 0.1) is 6.92 Å². The van der Waals surface area contributed by atoms with Gasteiger partial charge in [0.15, 0.2) is 6.10 Å². The average Bonchev–Trinajstić information content (AvgIpc) is 2.74. The van der Waals surface area contributed by atoms with Crippen LogP contribution in [0.1, 0.15) is 48.9 Å². The third kappa shape index (κ3) is 5.73. The van der Waals surface area contributed by atoms with Crippen molar-refractivity contribution in [1.29, 1.82) is 0 Å². The Morgan fingerprint density at radius 1 is 0.833 bits per heavy atom. The number of carbonyl (C=O) groups excluding carboxylic acids is 1. The van der Waals surface area contributed by atoms with Gasteiger partial charge < -0.3 is 9.64 Å². The molecule has 0 saturated carbocycles. The Morgan fingerprint density at radius 3 is 1.87 bits per heavy atom. The fraction of sp³-hybridized carbons (Fsp3) is 0.296. The van der Waals surface area contributed by atoms with Crippen molar-refractivity contribution < 1.29 is 9.53 Å². The van der Waals surface area contributed by atoms with Crippen LogP contribution in [-0.2, 0) is 17.9 Å². The zero-order valence-electron chi connectivity index (χ0n) is 18.3. The van der Waals surface area contributed by atoms with Gasteiger partial charge in [0.2, 0.25) is 0 Å². The fourth-order valence-electron chi connectivity index (χ4n) is 3.54. The van der Waals surface area contributed by atoms with Crippen molar-refractivity contribution in [3.8, 4) is 5.75 Å². The number of aryl methyl sites for hydroxylation is 1. The molecule has 0 aliphatic heterocycles. The van der Waals surface area contributed by atoms with Crippen molar-refractivity contribution in [3.05, 3.63) is 101 Å². The van der Waals surface area contributed by atoms with Gasteiger partial charge in [-0.05, 0) is 48.1 Å². The van der Waals surface area contributed by atoms with E-state index in [-0.39, 0.29) is 5.91 Å². The minimum absolute atomic E-state index is 0.0149. The van der Waals surface area contributed by atoms with Crippen molar-refractivity contribution in [1.82, 2.24) is 4.90 Å². The molecule has 3 rings (SSSR count). The topological polar surface area (TPSA) is 29.5 Å². The minimum Gasteiger partial charge on any atom is -0.481 e. The van der Waals surface area contributed by atoms with E-state index in [0.29, 0.717) is 19.0 Å². The molecule has 3 aromatic carbocycles. The Kier molecular flexibility index (Phi) is 7.29. The molecule has 3 heteroatoms. The lowest BCUT2D eigenvalue weighted by Gasteiger charge is -2.27. The number of rotatable bonds is 8. The van der Waals surface area contributed by atoms with Crippen molar-refractivity contribution in [2.75, 3.05) is 0 Å². The molecular formula is C27H31NO2. The molecule has 1 atom stereocenters. The van der Waals surface area contributed by atoms with Crippen LogP contribution in [0.2, 0.25) is 0 Å². The minimum atomic E-state index is -0.572. The molecule has 3 nitrogen and oxygen atoms in total. The molecule has 0 unspecified atom stereocenters. The summed E-state index contributed by atoms with van der Waals surface area (Å²) in [5.74, 6) is 1.11. The van der Waals surface area contributed by atoms with Crippen LogP contribution in [0.3, 0.4) is 0 Å². The van der Waals surface area contributed by atoms with Crippen molar-refractivity contribution in [2.24, 2.45) is 0 Å². The summed E-state index contributed by atoms with van der Waals surface area (Å²) in [7, 11) is 0. The SMILES string of the molecule is Cc1ccc(C(C)C)c(O[C@H](C)C(=O)N(Cc2ccccc2)Cc2ccccc2)c1. The first kappa shape index (κ1) is 21.6. The van der Waals surface area contributed by atoms with Gasteiger partial charge in [0.1, 0.15) is 5.75 Å². The number of hydrogen-bond acceptors (Lipinski definition) is 2. The third-order valence-electron chi connectivity index (χ3n) is 5.19. The van der Waals surface area contributed by atoms with Gasteiger partial charge in [-0.25, -0.2) is 0 Å². The molecule has 0 bridgehead atoms. The predicted octanol–water partition coefficient (Wildman–Crippen LogP) is 6.11. The molecule has 0 saturated heterocycles.